The summed E-state index contributed by atoms with van der Waals surface area (Å²) < 4.78 is 2.85. The minimum absolute atomic E-state index is 0.0647. The number of nitro groups is 2. The second-order valence-electron chi connectivity index (χ2n) is 8.00. The Morgan fingerprint density at radius 3 is 2.33 bits per heavy atom. The maximum absolute atomic E-state index is 12.8. The smallest absolute Gasteiger partial charge is 0.312 e. The third-order valence-corrected chi connectivity index (χ3v) is 6.27. The van der Waals surface area contributed by atoms with Gasteiger partial charge in [-0.1, -0.05) is 29.5 Å². The van der Waals surface area contributed by atoms with E-state index in [-0.39, 0.29) is 35.1 Å². The van der Waals surface area contributed by atoms with Gasteiger partial charge in [-0.15, -0.1) is 0 Å². The molecule has 184 valence electrons. The van der Waals surface area contributed by atoms with E-state index < -0.39 is 15.8 Å². The summed E-state index contributed by atoms with van der Waals surface area (Å²) in [4.78, 5) is 36.0. The number of anilines is 1. The largest absolute Gasteiger partial charge is 0.320 e. The first-order valence-corrected chi connectivity index (χ1v) is 11.5. The molecule has 0 aliphatic carbocycles. The lowest BCUT2D eigenvalue weighted by Gasteiger charge is -2.08. The van der Waals surface area contributed by atoms with Crippen LogP contribution in [-0.2, 0) is 6.67 Å². The number of hydrogen-bond donors (Lipinski definition) is 1. The van der Waals surface area contributed by atoms with Crippen LogP contribution in [0.2, 0.25) is 0 Å². The first kappa shape index (κ1) is 24.6. The lowest BCUT2D eigenvalue weighted by atomic mass is 10.2. The van der Waals surface area contributed by atoms with Crippen LogP contribution in [0.4, 0.5) is 17.1 Å². The Hall–Kier alpha value is -4.52. The molecule has 0 saturated carbocycles. The lowest BCUT2D eigenvalue weighted by molar-refractivity contribution is -0.386. The minimum Gasteiger partial charge on any atom is -0.320 e. The highest BCUT2D eigenvalue weighted by atomic mass is 32.2. The van der Waals surface area contributed by atoms with Gasteiger partial charge in [0.05, 0.1) is 9.85 Å². The fourth-order valence-electron chi connectivity index (χ4n) is 3.55. The quantitative estimate of drug-likeness (QED) is 0.265. The summed E-state index contributed by atoms with van der Waals surface area (Å²) in [6.07, 6.45) is 1.54. The summed E-state index contributed by atoms with van der Waals surface area (Å²) in [6, 6.07) is 13.6. The highest BCUT2D eigenvalue weighted by Gasteiger charge is 2.22. The van der Waals surface area contributed by atoms with Crippen LogP contribution in [0.25, 0.3) is 0 Å². The number of non-ortho nitro benzene ring substituents is 1. The molecule has 2 aromatic carbocycles. The van der Waals surface area contributed by atoms with E-state index in [0.29, 0.717) is 10.6 Å². The van der Waals surface area contributed by atoms with Crippen molar-refractivity contribution in [1.82, 2.24) is 19.6 Å². The fraction of sp³-hybridized carbons (Fsp3) is 0.174. The molecule has 4 rings (SSSR count). The van der Waals surface area contributed by atoms with Crippen LogP contribution >= 0.6 is 11.8 Å². The van der Waals surface area contributed by atoms with Crippen molar-refractivity contribution in [2.45, 2.75) is 37.2 Å². The van der Waals surface area contributed by atoms with Crippen LogP contribution in [0.15, 0.2) is 64.5 Å². The van der Waals surface area contributed by atoms with E-state index in [1.807, 2.05) is 31.2 Å². The van der Waals surface area contributed by atoms with Crippen molar-refractivity contribution >= 4 is 34.7 Å². The predicted octanol–water partition coefficient (Wildman–Crippen LogP) is 4.73. The van der Waals surface area contributed by atoms with Gasteiger partial charge in [0.15, 0.2) is 5.69 Å². The molecule has 0 atom stereocenters. The molecule has 2 aromatic heterocycles. The molecule has 0 bridgehead atoms. The zero-order valence-electron chi connectivity index (χ0n) is 19.5. The minimum atomic E-state index is -0.556. The molecule has 0 radical (unpaired) electrons. The standard InChI is InChI=1S/C23H21N7O5S/c1-14-4-6-19(7-5-14)36-20-11-17(10-18(12-20)29(32)33)24-23(31)21-8-9-27(26-21)13-28-16(3)22(30(34)35)15(2)25-28/h4-12H,13H2,1-3H3,(H,24,31). The molecular formula is C23H21N7O5S. The van der Waals surface area contributed by atoms with E-state index in [9.17, 15) is 25.0 Å². The fourth-order valence-corrected chi connectivity index (χ4v) is 4.46. The van der Waals surface area contributed by atoms with Crippen molar-refractivity contribution in [2.24, 2.45) is 0 Å². The van der Waals surface area contributed by atoms with Gasteiger partial charge in [-0.2, -0.15) is 10.2 Å². The Kier molecular flexibility index (Phi) is 6.83. The summed E-state index contributed by atoms with van der Waals surface area (Å²) in [6.45, 7) is 5.18. The Balaban J connectivity index is 1.52. The van der Waals surface area contributed by atoms with Crippen molar-refractivity contribution in [1.29, 1.82) is 0 Å². The normalized spacial score (nSPS) is 10.9. The van der Waals surface area contributed by atoms with E-state index in [4.69, 9.17) is 0 Å². The van der Waals surface area contributed by atoms with Crippen LogP contribution in [0, 0.1) is 41.0 Å². The SMILES string of the molecule is Cc1ccc(Sc2cc(NC(=O)c3ccn(Cn4nc(C)c([N+](=O)[O-])c4C)n3)cc([N+](=O)[O-])c2)cc1. The van der Waals surface area contributed by atoms with Gasteiger partial charge in [-0.3, -0.25) is 29.7 Å². The van der Waals surface area contributed by atoms with E-state index in [1.54, 1.807) is 26.1 Å². The third-order valence-electron chi connectivity index (χ3n) is 5.29. The van der Waals surface area contributed by atoms with E-state index in [2.05, 4.69) is 15.5 Å². The van der Waals surface area contributed by atoms with Crippen molar-refractivity contribution in [3.05, 3.63) is 97.6 Å². The number of nitrogens with zero attached hydrogens (tertiary/aromatic N) is 6. The monoisotopic (exact) mass is 507 g/mol. The number of hydrogen-bond acceptors (Lipinski definition) is 8. The third kappa shape index (κ3) is 5.41. The molecular weight excluding hydrogens is 486 g/mol. The van der Waals surface area contributed by atoms with Crippen LogP contribution < -0.4 is 5.32 Å². The number of aryl methyl sites for hydroxylation is 2. The second-order valence-corrected chi connectivity index (χ2v) is 9.15. The van der Waals surface area contributed by atoms with Gasteiger partial charge in [-0.05, 0) is 45.0 Å². The molecule has 0 spiro atoms. The molecule has 0 aliphatic heterocycles. The van der Waals surface area contributed by atoms with Gasteiger partial charge in [0.25, 0.3) is 11.6 Å². The molecule has 0 saturated heterocycles. The summed E-state index contributed by atoms with van der Waals surface area (Å²) >= 11 is 1.34. The van der Waals surface area contributed by atoms with Gasteiger partial charge < -0.3 is 5.32 Å². The highest BCUT2D eigenvalue weighted by molar-refractivity contribution is 7.99. The van der Waals surface area contributed by atoms with Crippen molar-refractivity contribution in [3.8, 4) is 0 Å². The summed E-state index contributed by atoms with van der Waals surface area (Å²) in [5.74, 6) is -0.556. The van der Waals surface area contributed by atoms with Crippen LogP contribution in [0.1, 0.15) is 27.4 Å². The van der Waals surface area contributed by atoms with E-state index in [1.165, 1.54) is 39.3 Å². The Morgan fingerprint density at radius 2 is 1.69 bits per heavy atom. The summed E-state index contributed by atoms with van der Waals surface area (Å²) in [5.41, 5.74) is 1.87. The topological polar surface area (TPSA) is 151 Å². The molecule has 0 fully saturated rings. The molecule has 0 unspecified atom stereocenters. The van der Waals surface area contributed by atoms with Crippen LogP contribution in [0.5, 0.6) is 0 Å². The Labute approximate surface area is 209 Å². The van der Waals surface area contributed by atoms with E-state index in [0.717, 1.165) is 10.5 Å². The number of amides is 1. The van der Waals surface area contributed by atoms with Gasteiger partial charge in [0.2, 0.25) is 0 Å². The average Bonchev–Trinajstić information content (AvgIpc) is 3.39. The predicted molar refractivity (Wildman–Crippen MR) is 132 cm³/mol. The first-order chi connectivity index (χ1) is 17.1. The molecule has 36 heavy (non-hydrogen) atoms. The van der Waals surface area contributed by atoms with Gasteiger partial charge in [0, 0.05) is 33.8 Å². The molecule has 1 N–H and O–H groups in total. The zero-order valence-corrected chi connectivity index (χ0v) is 20.4. The Morgan fingerprint density at radius 1 is 0.972 bits per heavy atom. The molecule has 1 amide bonds. The number of carbonyl (C=O) groups excluding carboxylic acids is 1. The van der Waals surface area contributed by atoms with Gasteiger partial charge in [0.1, 0.15) is 18.1 Å². The second kappa shape index (κ2) is 10.00. The molecule has 0 aliphatic rings. The first-order valence-electron chi connectivity index (χ1n) is 10.7. The lowest BCUT2D eigenvalue weighted by Crippen LogP contribution is -2.16. The van der Waals surface area contributed by atoms with Crippen molar-refractivity contribution in [2.75, 3.05) is 5.32 Å². The number of nitrogens with one attached hydrogen (secondary N) is 1. The number of aromatic nitrogens is 4. The molecule has 12 nitrogen and oxygen atoms in total. The van der Waals surface area contributed by atoms with Crippen LogP contribution in [0.3, 0.4) is 0 Å². The molecule has 4 aromatic rings. The number of benzene rings is 2. The van der Waals surface area contributed by atoms with Gasteiger partial charge in [-0.25, -0.2) is 4.68 Å². The molecule has 2 heterocycles. The van der Waals surface area contributed by atoms with Gasteiger partial charge >= 0.3 is 5.69 Å². The number of rotatable bonds is 8. The highest BCUT2D eigenvalue weighted by Crippen LogP contribution is 2.33. The number of carbonyl (C=O) groups is 1. The summed E-state index contributed by atoms with van der Waals surface area (Å²) in [7, 11) is 0. The average molecular weight is 508 g/mol. The Bertz CT molecular complexity index is 1480. The zero-order chi connectivity index (χ0) is 26.0. The molecule has 13 heteroatoms. The maximum atomic E-state index is 12.8. The number of nitro benzene ring substituents is 1. The van der Waals surface area contributed by atoms with Crippen molar-refractivity contribution in [3.63, 3.8) is 0 Å². The van der Waals surface area contributed by atoms with Crippen molar-refractivity contribution < 1.29 is 14.6 Å². The maximum Gasteiger partial charge on any atom is 0.312 e. The van der Waals surface area contributed by atoms with E-state index >= 15 is 0 Å². The van der Waals surface area contributed by atoms with Crippen LogP contribution in [-0.4, -0.2) is 35.3 Å². The summed E-state index contributed by atoms with van der Waals surface area (Å²) in [5, 5.41) is 33.7.